The number of rotatable bonds is 5. The summed E-state index contributed by atoms with van der Waals surface area (Å²) in [5.74, 6) is 0.911. The number of hydrogen-bond acceptors (Lipinski definition) is 4. The van der Waals surface area contributed by atoms with Crippen LogP contribution in [0, 0.1) is 5.92 Å². The molecule has 1 aromatic carbocycles. The number of amides is 1. The maximum absolute atomic E-state index is 11.8. The zero-order valence-corrected chi connectivity index (χ0v) is 14.2. The van der Waals surface area contributed by atoms with Gasteiger partial charge in [-0.2, -0.15) is 5.10 Å². The number of carbonyl (C=O) groups excluding carboxylic acids is 1. The number of nitrogens with one attached hydrogen (secondary N) is 2. The molecule has 0 atom stereocenters. The first-order chi connectivity index (χ1) is 11.6. The number of carbonyl (C=O) groups is 1. The van der Waals surface area contributed by atoms with E-state index in [4.69, 9.17) is 4.74 Å². The number of anilines is 1. The Bertz CT molecular complexity index is 682. The van der Waals surface area contributed by atoms with Gasteiger partial charge in [0.1, 0.15) is 0 Å². The lowest BCUT2D eigenvalue weighted by atomic mass is 10.1. The van der Waals surface area contributed by atoms with Gasteiger partial charge in [0.15, 0.2) is 5.82 Å². The molecular formula is C18H24N4O2. The van der Waals surface area contributed by atoms with Gasteiger partial charge in [-0.05, 0) is 17.9 Å². The third-order valence-electron chi connectivity index (χ3n) is 4.03. The van der Waals surface area contributed by atoms with Crippen LogP contribution >= 0.6 is 0 Å². The fourth-order valence-corrected chi connectivity index (χ4v) is 2.83. The molecule has 2 heterocycles. The molecule has 0 spiro atoms. The van der Waals surface area contributed by atoms with Gasteiger partial charge in [0, 0.05) is 25.2 Å². The summed E-state index contributed by atoms with van der Waals surface area (Å²) in [5.41, 5.74) is 3.45. The zero-order valence-electron chi connectivity index (χ0n) is 14.2. The van der Waals surface area contributed by atoms with Crippen LogP contribution in [0.1, 0.15) is 30.7 Å². The smallest absolute Gasteiger partial charge is 0.412 e. The first-order valence-corrected chi connectivity index (χ1v) is 8.38. The van der Waals surface area contributed by atoms with Crippen LogP contribution in [0.5, 0.6) is 0 Å². The average molecular weight is 328 g/mol. The van der Waals surface area contributed by atoms with Crippen LogP contribution in [0.25, 0.3) is 0 Å². The summed E-state index contributed by atoms with van der Waals surface area (Å²) >= 11 is 0. The minimum absolute atomic E-state index is 0.315. The largest absolute Gasteiger partial charge is 0.449 e. The van der Waals surface area contributed by atoms with Gasteiger partial charge in [0.25, 0.3) is 0 Å². The molecule has 3 rings (SSSR count). The third kappa shape index (κ3) is 4.14. The molecule has 0 fully saturated rings. The van der Waals surface area contributed by atoms with E-state index in [2.05, 4.69) is 44.7 Å². The summed E-state index contributed by atoms with van der Waals surface area (Å²) < 4.78 is 5.15. The Morgan fingerprint density at radius 1 is 1.38 bits per heavy atom. The van der Waals surface area contributed by atoms with Crippen LogP contribution in [-0.2, 0) is 24.2 Å². The highest BCUT2D eigenvalue weighted by atomic mass is 16.5. The van der Waals surface area contributed by atoms with Gasteiger partial charge in [-0.3, -0.25) is 15.3 Å². The van der Waals surface area contributed by atoms with Gasteiger partial charge in [0.05, 0.1) is 12.3 Å². The van der Waals surface area contributed by atoms with Gasteiger partial charge >= 0.3 is 6.09 Å². The summed E-state index contributed by atoms with van der Waals surface area (Å²) in [6.45, 7) is 7.08. The van der Waals surface area contributed by atoms with Crippen molar-refractivity contribution in [1.29, 1.82) is 0 Å². The summed E-state index contributed by atoms with van der Waals surface area (Å²) in [6.07, 6.45) is 0.420. The van der Waals surface area contributed by atoms with Crippen molar-refractivity contribution in [1.82, 2.24) is 15.1 Å². The van der Waals surface area contributed by atoms with Crippen LogP contribution in [0.2, 0.25) is 0 Å². The van der Waals surface area contributed by atoms with Crippen molar-refractivity contribution in [2.24, 2.45) is 5.92 Å². The van der Waals surface area contributed by atoms with Crippen LogP contribution in [0.3, 0.4) is 0 Å². The minimum atomic E-state index is -0.440. The predicted octanol–water partition coefficient (Wildman–Crippen LogP) is 3.17. The fourth-order valence-electron chi connectivity index (χ4n) is 2.83. The minimum Gasteiger partial charge on any atom is -0.449 e. The third-order valence-corrected chi connectivity index (χ3v) is 4.03. The normalized spacial score (nSPS) is 14.5. The molecule has 0 bridgehead atoms. The molecule has 24 heavy (non-hydrogen) atoms. The van der Waals surface area contributed by atoms with E-state index >= 15 is 0 Å². The number of nitrogens with zero attached hydrogens (tertiary/aromatic N) is 2. The van der Waals surface area contributed by atoms with E-state index in [9.17, 15) is 4.79 Å². The summed E-state index contributed by atoms with van der Waals surface area (Å²) in [4.78, 5) is 14.2. The molecule has 0 unspecified atom stereocenters. The second-order valence-corrected chi connectivity index (χ2v) is 6.59. The zero-order chi connectivity index (χ0) is 16.9. The number of aromatic nitrogens is 2. The molecule has 0 radical (unpaired) electrons. The van der Waals surface area contributed by atoms with Crippen molar-refractivity contribution in [3.63, 3.8) is 0 Å². The molecule has 1 aliphatic rings. The predicted molar refractivity (Wildman–Crippen MR) is 92.7 cm³/mol. The number of aromatic amines is 1. The summed E-state index contributed by atoms with van der Waals surface area (Å²) in [5, 5.41) is 10.0. The second kappa shape index (κ2) is 7.49. The lowest BCUT2D eigenvalue weighted by molar-refractivity contribution is 0.147. The summed E-state index contributed by atoms with van der Waals surface area (Å²) in [7, 11) is 0. The van der Waals surface area contributed by atoms with Crippen molar-refractivity contribution in [2.75, 3.05) is 18.5 Å². The monoisotopic (exact) mass is 328 g/mol. The molecule has 2 aromatic rings. The van der Waals surface area contributed by atoms with Gasteiger partial charge in [0.2, 0.25) is 0 Å². The maximum atomic E-state index is 11.8. The van der Waals surface area contributed by atoms with E-state index in [1.807, 2.05) is 19.9 Å². The molecule has 128 valence electrons. The van der Waals surface area contributed by atoms with E-state index < -0.39 is 6.09 Å². The SMILES string of the molecule is CC(C)COC(=O)Nc1n[nH]c2c1CCN(Cc1ccccc1)C2. The Balaban J connectivity index is 1.59. The highest BCUT2D eigenvalue weighted by Gasteiger charge is 2.23. The number of ether oxygens (including phenoxy) is 1. The van der Waals surface area contributed by atoms with Crippen molar-refractivity contribution in [3.05, 3.63) is 47.2 Å². The molecule has 1 aliphatic heterocycles. The van der Waals surface area contributed by atoms with Crippen molar-refractivity contribution >= 4 is 11.9 Å². The van der Waals surface area contributed by atoms with E-state index in [-0.39, 0.29) is 0 Å². The van der Waals surface area contributed by atoms with Crippen LogP contribution in [0.4, 0.5) is 10.6 Å². The summed E-state index contributed by atoms with van der Waals surface area (Å²) in [6, 6.07) is 10.4. The Hall–Kier alpha value is -2.34. The number of hydrogen-bond donors (Lipinski definition) is 2. The Kier molecular flexibility index (Phi) is 5.15. The number of benzene rings is 1. The van der Waals surface area contributed by atoms with Crippen molar-refractivity contribution < 1.29 is 9.53 Å². The van der Waals surface area contributed by atoms with Crippen LogP contribution in [0.15, 0.2) is 30.3 Å². The molecule has 0 saturated carbocycles. The van der Waals surface area contributed by atoms with Gasteiger partial charge < -0.3 is 4.74 Å². The first kappa shape index (κ1) is 16.5. The molecule has 1 aromatic heterocycles. The molecule has 6 heteroatoms. The van der Waals surface area contributed by atoms with E-state index in [0.717, 1.165) is 37.3 Å². The molecule has 0 aliphatic carbocycles. The highest BCUT2D eigenvalue weighted by molar-refractivity contribution is 5.84. The first-order valence-electron chi connectivity index (χ1n) is 8.38. The fraction of sp³-hybridized carbons (Fsp3) is 0.444. The van der Waals surface area contributed by atoms with E-state index in [0.29, 0.717) is 18.3 Å². The highest BCUT2D eigenvalue weighted by Crippen LogP contribution is 2.24. The molecule has 2 N–H and O–H groups in total. The maximum Gasteiger partial charge on any atom is 0.412 e. The lowest BCUT2D eigenvalue weighted by Gasteiger charge is -2.26. The van der Waals surface area contributed by atoms with Gasteiger partial charge in [-0.25, -0.2) is 4.79 Å². The quantitative estimate of drug-likeness (QED) is 0.884. The second-order valence-electron chi connectivity index (χ2n) is 6.59. The molecular weight excluding hydrogens is 304 g/mol. The standard InChI is InChI=1S/C18H24N4O2/c1-13(2)12-24-18(23)19-17-15-8-9-22(11-16(15)20-21-17)10-14-6-4-3-5-7-14/h3-7,13H,8-12H2,1-2H3,(H2,19,20,21,23). The van der Waals surface area contributed by atoms with Gasteiger partial charge in [-0.15, -0.1) is 0 Å². The van der Waals surface area contributed by atoms with E-state index in [1.54, 1.807) is 0 Å². The van der Waals surface area contributed by atoms with Crippen LogP contribution < -0.4 is 5.32 Å². The van der Waals surface area contributed by atoms with Crippen LogP contribution in [-0.4, -0.2) is 34.3 Å². The molecule has 1 amide bonds. The molecule has 0 saturated heterocycles. The number of H-pyrrole nitrogens is 1. The number of fused-ring (bicyclic) bond motifs is 1. The topological polar surface area (TPSA) is 70.2 Å². The van der Waals surface area contributed by atoms with E-state index in [1.165, 1.54) is 5.56 Å². The average Bonchev–Trinajstić information content (AvgIpc) is 2.96. The van der Waals surface area contributed by atoms with Crippen molar-refractivity contribution in [2.45, 2.75) is 33.4 Å². The Labute approximate surface area is 142 Å². The lowest BCUT2D eigenvalue weighted by Crippen LogP contribution is -2.30. The van der Waals surface area contributed by atoms with Gasteiger partial charge in [-0.1, -0.05) is 44.2 Å². The molecule has 6 nitrogen and oxygen atoms in total. The van der Waals surface area contributed by atoms with Crippen molar-refractivity contribution in [3.8, 4) is 0 Å². The Morgan fingerprint density at radius 2 is 2.17 bits per heavy atom. The Morgan fingerprint density at radius 3 is 2.92 bits per heavy atom.